The lowest BCUT2D eigenvalue weighted by atomic mass is 9.93. The summed E-state index contributed by atoms with van der Waals surface area (Å²) < 4.78 is 1.50. The molecule has 3 rings (SSSR count). The lowest BCUT2D eigenvalue weighted by Gasteiger charge is -2.14. The third kappa shape index (κ3) is 3.16. The Labute approximate surface area is 137 Å². The molecular weight excluding hydrogens is 314 g/mol. The average Bonchev–Trinajstić information content (AvgIpc) is 3.11. The molecule has 0 amide bonds. The molecule has 0 aliphatic rings. The first-order chi connectivity index (χ1) is 10.8. The van der Waals surface area contributed by atoms with Gasteiger partial charge in [0.1, 0.15) is 10.5 Å². The molecule has 0 unspecified atom stereocenters. The first kappa shape index (κ1) is 15.4. The molecule has 0 aromatic carbocycles. The number of thiazole rings is 1. The van der Waals surface area contributed by atoms with Gasteiger partial charge in [0, 0.05) is 29.3 Å². The van der Waals surface area contributed by atoms with Crippen LogP contribution >= 0.6 is 11.3 Å². The molecule has 0 saturated heterocycles. The van der Waals surface area contributed by atoms with Gasteiger partial charge in [-0.1, -0.05) is 20.8 Å². The molecule has 3 aromatic rings. The minimum Gasteiger partial charge on any atom is -0.476 e. The predicted molar refractivity (Wildman–Crippen MR) is 88.1 cm³/mol. The normalized spacial score (nSPS) is 11.8. The van der Waals surface area contributed by atoms with E-state index in [0.717, 1.165) is 10.7 Å². The van der Waals surface area contributed by atoms with Gasteiger partial charge in [-0.15, -0.1) is 11.3 Å². The summed E-state index contributed by atoms with van der Waals surface area (Å²) in [7, 11) is 0. The van der Waals surface area contributed by atoms with Gasteiger partial charge in [0.2, 0.25) is 0 Å². The molecule has 7 nitrogen and oxygen atoms in total. The Morgan fingerprint density at radius 3 is 2.87 bits per heavy atom. The van der Waals surface area contributed by atoms with Gasteiger partial charge < -0.3 is 10.4 Å². The highest BCUT2D eigenvalue weighted by molar-refractivity contribution is 7.09. The summed E-state index contributed by atoms with van der Waals surface area (Å²) in [6, 6.07) is 1.50. The van der Waals surface area contributed by atoms with Crippen LogP contribution in [0.4, 0.5) is 5.82 Å². The molecule has 0 saturated carbocycles. The Morgan fingerprint density at radius 2 is 2.22 bits per heavy atom. The van der Waals surface area contributed by atoms with Crippen LogP contribution in [0.5, 0.6) is 0 Å². The number of aromatic carboxylic acids is 1. The highest BCUT2D eigenvalue weighted by Gasteiger charge is 2.17. The topological polar surface area (TPSA) is 92.4 Å². The predicted octanol–water partition coefficient (Wildman–Crippen LogP) is 2.79. The Morgan fingerprint density at radius 1 is 1.43 bits per heavy atom. The van der Waals surface area contributed by atoms with Crippen LogP contribution < -0.4 is 5.32 Å². The van der Waals surface area contributed by atoms with Crippen molar-refractivity contribution in [3.63, 3.8) is 0 Å². The van der Waals surface area contributed by atoms with Gasteiger partial charge in [0.15, 0.2) is 11.5 Å². The number of hydrogen-bond donors (Lipinski definition) is 2. The molecule has 0 bridgehead atoms. The monoisotopic (exact) mass is 331 g/mol. The van der Waals surface area contributed by atoms with Crippen LogP contribution in [-0.2, 0) is 12.0 Å². The maximum atomic E-state index is 11.0. The van der Waals surface area contributed by atoms with E-state index in [1.165, 1.54) is 10.6 Å². The Hall–Kier alpha value is -2.48. The van der Waals surface area contributed by atoms with Crippen LogP contribution in [0.15, 0.2) is 23.8 Å². The third-order valence-corrected chi connectivity index (χ3v) is 4.19. The molecule has 0 radical (unpaired) electrons. The minimum absolute atomic E-state index is 0.00897. The Kier molecular flexibility index (Phi) is 3.77. The fourth-order valence-electron chi connectivity index (χ4n) is 2.06. The SMILES string of the molecule is CC(C)(C)c1csc(CNc2nccn3nc(C(=O)O)cc23)n1. The molecule has 0 fully saturated rings. The van der Waals surface area contributed by atoms with E-state index in [0.29, 0.717) is 17.9 Å². The van der Waals surface area contributed by atoms with Crippen molar-refractivity contribution in [1.82, 2.24) is 19.6 Å². The van der Waals surface area contributed by atoms with Crippen LogP contribution in [0.2, 0.25) is 0 Å². The minimum atomic E-state index is -1.06. The lowest BCUT2D eigenvalue weighted by molar-refractivity contribution is 0.0690. The van der Waals surface area contributed by atoms with Gasteiger partial charge in [-0.3, -0.25) is 0 Å². The van der Waals surface area contributed by atoms with Gasteiger partial charge in [-0.25, -0.2) is 19.3 Å². The quantitative estimate of drug-likeness (QED) is 0.764. The number of carboxylic acids is 1. The standard InChI is InChI=1S/C15H17N5O2S/c1-15(2,3)11-8-23-12(18-11)7-17-13-10-6-9(14(21)22)19-20(10)5-4-16-13/h4-6,8H,7H2,1-3H3,(H,16,17)(H,21,22). The van der Waals surface area contributed by atoms with Crippen LogP contribution in [0.3, 0.4) is 0 Å². The number of rotatable bonds is 4. The summed E-state index contributed by atoms with van der Waals surface area (Å²) in [5.41, 5.74) is 1.69. The van der Waals surface area contributed by atoms with Crippen molar-refractivity contribution in [3.8, 4) is 0 Å². The number of fused-ring (bicyclic) bond motifs is 1. The maximum absolute atomic E-state index is 11.0. The Balaban J connectivity index is 1.82. The number of nitrogens with zero attached hydrogens (tertiary/aromatic N) is 4. The van der Waals surface area contributed by atoms with Gasteiger partial charge >= 0.3 is 5.97 Å². The summed E-state index contributed by atoms with van der Waals surface area (Å²) >= 11 is 1.59. The molecule has 2 N–H and O–H groups in total. The van der Waals surface area contributed by atoms with Crippen molar-refractivity contribution in [2.24, 2.45) is 0 Å². The summed E-state index contributed by atoms with van der Waals surface area (Å²) in [4.78, 5) is 19.9. The highest BCUT2D eigenvalue weighted by atomic mass is 32.1. The molecule has 8 heteroatoms. The summed E-state index contributed by atoms with van der Waals surface area (Å²) in [5.74, 6) is -0.477. The first-order valence-corrected chi connectivity index (χ1v) is 7.99. The van der Waals surface area contributed by atoms with E-state index in [-0.39, 0.29) is 11.1 Å². The van der Waals surface area contributed by atoms with Crippen LogP contribution in [-0.4, -0.2) is 30.7 Å². The summed E-state index contributed by atoms with van der Waals surface area (Å²) in [6.07, 6.45) is 3.20. The van der Waals surface area contributed by atoms with Gasteiger partial charge in [0.05, 0.1) is 12.2 Å². The largest absolute Gasteiger partial charge is 0.476 e. The second-order valence-electron chi connectivity index (χ2n) is 6.17. The van der Waals surface area contributed by atoms with Gasteiger partial charge in [-0.05, 0) is 0 Å². The molecule has 3 aromatic heterocycles. The van der Waals surface area contributed by atoms with E-state index in [1.54, 1.807) is 23.7 Å². The van der Waals surface area contributed by atoms with Crippen LogP contribution in [0, 0.1) is 0 Å². The van der Waals surface area contributed by atoms with E-state index >= 15 is 0 Å². The summed E-state index contributed by atoms with van der Waals surface area (Å²) in [5, 5.41) is 19.2. The van der Waals surface area contributed by atoms with Crippen molar-refractivity contribution in [2.75, 3.05) is 5.32 Å². The molecule has 3 heterocycles. The highest BCUT2D eigenvalue weighted by Crippen LogP contribution is 2.24. The zero-order valence-electron chi connectivity index (χ0n) is 13.1. The molecule has 0 spiro atoms. The van der Waals surface area contributed by atoms with E-state index < -0.39 is 5.97 Å². The number of nitrogens with one attached hydrogen (secondary N) is 1. The Bertz CT molecular complexity index is 862. The smallest absolute Gasteiger partial charge is 0.356 e. The average molecular weight is 331 g/mol. The molecule has 0 aliphatic carbocycles. The molecule has 0 atom stereocenters. The molecule has 0 aliphatic heterocycles. The summed E-state index contributed by atoms with van der Waals surface area (Å²) in [6.45, 7) is 6.91. The van der Waals surface area contributed by atoms with E-state index in [2.05, 4.69) is 46.5 Å². The third-order valence-electron chi connectivity index (χ3n) is 3.34. The first-order valence-electron chi connectivity index (χ1n) is 7.11. The molecular formula is C15H17N5O2S. The number of anilines is 1. The number of aromatic nitrogens is 4. The maximum Gasteiger partial charge on any atom is 0.356 e. The lowest BCUT2D eigenvalue weighted by Crippen LogP contribution is -2.12. The van der Waals surface area contributed by atoms with Crippen LogP contribution in [0.1, 0.15) is 42.0 Å². The second-order valence-corrected chi connectivity index (χ2v) is 7.11. The van der Waals surface area contributed by atoms with Crippen molar-refractivity contribution in [1.29, 1.82) is 0 Å². The zero-order valence-corrected chi connectivity index (χ0v) is 13.9. The second kappa shape index (κ2) is 5.62. The fraction of sp³-hybridized carbons (Fsp3) is 0.333. The van der Waals surface area contributed by atoms with E-state index in [1.807, 2.05) is 0 Å². The van der Waals surface area contributed by atoms with Crippen molar-refractivity contribution in [3.05, 3.63) is 40.2 Å². The number of carbonyl (C=O) groups is 1. The molecule has 23 heavy (non-hydrogen) atoms. The molecule has 120 valence electrons. The van der Waals surface area contributed by atoms with E-state index in [9.17, 15) is 4.79 Å². The fourth-order valence-corrected chi connectivity index (χ4v) is 3.02. The van der Waals surface area contributed by atoms with Gasteiger partial charge in [-0.2, -0.15) is 5.10 Å². The van der Waals surface area contributed by atoms with Crippen molar-refractivity contribution in [2.45, 2.75) is 32.7 Å². The van der Waals surface area contributed by atoms with Crippen molar-refractivity contribution < 1.29 is 9.90 Å². The van der Waals surface area contributed by atoms with Crippen LogP contribution in [0.25, 0.3) is 5.52 Å². The number of carboxylic acid groups (broad SMARTS) is 1. The number of hydrogen-bond acceptors (Lipinski definition) is 6. The van der Waals surface area contributed by atoms with E-state index in [4.69, 9.17) is 5.11 Å². The van der Waals surface area contributed by atoms with Crippen molar-refractivity contribution >= 4 is 28.6 Å². The zero-order chi connectivity index (χ0) is 16.6. The van der Waals surface area contributed by atoms with Gasteiger partial charge in [0.25, 0.3) is 0 Å².